The molecule has 0 spiro atoms. The Labute approximate surface area is 353 Å². The van der Waals surface area contributed by atoms with E-state index < -0.39 is 23.8 Å². The first-order chi connectivity index (χ1) is 28.9. The van der Waals surface area contributed by atoms with E-state index in [1.54, 1.807) is 35.9 Å². The predicted octanol–water partition coefficient (Wildman–Crippen LogP) is 9.34. The molecule has 2 aliphatic carbocycles. The third kappa shape index (κ3) is 10.8. The number of nitrogens with zero attached hydrogens (tertiary/aromatic N) is 2. The topological polar surface area (TPSA) is 119 Å². The Morgan fingerprint density at radius 3 is 2.44 bits per heavy atom. The molecule has 0 aromatic heterocycles. The molecule has 59 heavy (non-hydrogen) atoms. The summed E-state index contributed by atoms with van der Waals surface area (Å²) in [4.78, 5) is 22.8. The number of carbonyl (C=O) groups excluding carboxylic acids is 1. The molecule has 6 rings (SSSR count). The molecule has 0 radical (unpaired) electrons. The van der Waals surface area contributed by atoms with E-state index in [-0.39, 0.29) is 57.2 Å². The molecule has 1 aliphatic heterocycles. The summed E-state index contributed by atoms with van der Waals surface area (Å²) < 4.78 is 26.4. The van der Waals surface area contributed by atoms with Gasteiger partial charge in [-0.1, -0.05) is 84.8 Å². The van der Waals surface area contributed by atoms with Crippen molar-refractivity contribution < 1.29 is 38.8 Å². The predicted molar refractivity (Wildman–Crippen MR) is 233 cm³/mol. The van der Waals surface area contributed by atoms with Crippen LogP contribution < -0.4 is 9.47 Å². The number of amides is 1. The van der Waals surface area contributed by atoms with Crippen molar-refractivity contribution in [3.05, 3.63) is 127 Å². The second-order valence-corrected chi connectivity index (χ2v) is 16.5. The fourth-order valence-corrected chi connectivity index (χ4v) is 9.62. The largest absolute Gasteiger partial charge is 0.493 e. The van der Waals surface area contributed by atoms with E-state index in [0.717, 1.165) is 59.6 Å². The average molecular weight is 825 g/mol. The number of aliphatic hydroxyl groups is 2. The Morgan fingerprint density at radius 1 is 0.966 bits per heavy atom. The summed E-state index contributed by atoms with van der Waals surface area (Å²) >= 11 is 1.75. The average Bonchev–Trinajstić information content (AvgIpc) is 3.26. The number of unbranched alkanes of at least 4 members (excludes halogenated alkanes) is 2. The maximum Gasteiger partial charge on any atom is 0.409 e. The number of hydrogen-bond donors (Lipinski definition) is 2. The lowest BCUT2D eigenvalue weighted by Gasteiger charge is -2.59. The van der Waals surface area contributed by atoms with Crippen molar-refractivity contribution in [1.82, 2.24) is 4.90 Å². The van der Waals surface area contributed by atoms with Crippen molar-refractivity contribution in [2.45, 2.75) is 80.6 Å². The number of fused-ring (bicyclic) bond motifs is 2. The van der Waals surface area contributed by atoms with Crippen molar-refractivity contribution in [3.8, 4) is 11.5 Å². The minimum Gasteiger partial charge on any atom is -0.493 e. The summed E-state index contributed by atoms with van der Waals surface area (Å²) in [6.45, 7) is 9.18. The van der Waals surface area contributed by atoms with Gasteiger partial charge in [0.25, 0.3) is 0 Å². The summed E-state index contributed by atoms with van der Waals surface area (Å²) in [6.07, 6.45) is 10.8. The number of ether oxygens (including phenoxy) is 4. The van der Waals surface area contributed by atoms with Gasteiger partial charge in [-0.2, -0.15) is 0 Å². The first-order valence-corrected chi connectivity index (χ1v) is 22.0. The second-order valence-electron chi connectivity index (χ2n) is 15.3. The maximum absolute atomic E-state index is 13.9. The Kier molecular flexibility index (Phi) is 16.5. The third-order valence-electron chi connectivity index (χ3n) is 11.6. The lowest BCUT2D eigenvalue weighted by molar-refractivity contribution is -0.253. The van der Waals surface area contributed by atoms with E-state index in [1.165, 1.54) is 4.90 Å². The van der Waals surface area contributed by atoms with E-state index in [4.69, 9.17) is 28.9 Å². The SMILES string of the molecule is C=CCCOC(=O)N(C)C1CC(=NOCc2ccccc2)C2=CC(CCCCO)C(CCCCO)C3c4cc(OCCSc5ccccc5)ccc4OC1(OCC=C)C23. The molecule has 316 valence electrons. The number of hydrogen-bond acceptors (Lipinski definition) is 10. The van der Waals surface area contributed by atoms with Crippen molar-refractivity contribution in [1.29, 1.82) is 0 Å². The first kappa shape index (κ1) is 44.0. The number of allylic oxidation sites excluding steroid dienone is 1. The van der Waals surface area contributed by atoms with Crippen LogP contribution in [-0.2, 0) is 20.9 Å². The molecule has 6 unspecified atom stereocenters. The zero-order valence-electron chi connectivity index (χ0n) is 34.3. The summed E-state index contributed by atoms with van der Waals surface area (Å²) in [7, 11) is 1.73. The van der Waals surface area contributed by atoms with E-state index in [0.29, 0.717) is 31.6 Å². The van der Waals surface area contributed by atoms with Gasteiger partial charge >= 0.3 is 6.09 Å². The molecule has 1 fully saturated rings. The van der Waals surface area contributed by atoms with E-state index in [9.17, 15) is 15.0 Å². The summed E-state index contributed by atoms with van der Waals surface area (Å²) in [5, 5.41) is 24.7. The first-order valence-electron chi connectivity index (χ1n) is 21.0. The van der Waals surface area contributed by atoms with Crippen LogP contribution in [-0.4, -0.2) is 84.6 Å². The number of likely N-dealkylation sites (N-methyl/N-ethyl adjacent to an activating group) is 1. The van der Waals surface area contributed by atoms with E-state index in [1.807, 2.05) is 60.7 Å². The zero-order chi connectivity index (χ0) is 41.5. The molecule has 1 saturated carbocycles. The molecule has 2 N–H and O–H groups in total. The monoisotopic (exact) mass is 824 g/mol. The highest BCUT2D eigenvalue weighted by Gasteiger charge is 2.65. The smallest absolute Gasteiger partial charge is 0.409 e. The van der Waals surface area contributed by atoms with Crippen molar-refractivity contribution in [2.75, 3.05) is 45.8 Å². The lowest BCUT2D eigenvalue weighted by Crippen LogP contribution is -2.69. The number of rotatable bonds is 23. The Bertz CT molecular complexity index is 1870. The highest BCUT2D eigenvalue weighted by atomic mass is 32.2. The highest BCUT2D eigenvalue weighted by Crippen LogP contribution is 2.61. The van der Waals surface area contributed by atoms with Gasteiger partial charge < -0.3 is 38.9 Å². The lowest BCUT2D eigenvalue weighted by atomic mass is 9.55. The van der Waals surface area contributed by atoms with Gasteiger partial charge in [-0.3, -0.25) is 0 Å². The van der Waals surface area contributed by atoms with Crippen LogP contribution in [0.4, 0.5) is 4.79 Å². The van der Waals surface area contributed by atoms with Gasteiger partial charge in [0.15, 0.2) is 0 Å². The normalized spacial score (nSPS) is 23.5. The van der Waals surface area contributed by atoms with Gasteiger partial charge in [0.05, 0.1) is 31.5 Å². The van der Waals surface area contributed by atoms with Crippen LogP contribution in [0.15, 0.2) is 126 Å². The molecular formula is C48H60N2O8S. The quantitative estimate of drug-likeness (QED) is 0.0418. The number of carbonyl (C=O) groups is 1. The molecule has 0 saturated heterocycles. The molecule has 3 aromatic carbocycles. The number of aliphatic hydroxyl groups excluding tert-OH is 2. The van der Waals surface area contributed by atoms with Gasteiger partial charge in [-0.05, 0) is 85.4 Å². The van der Waals surface area contributed by atoms with Gasteiger partial charge in [-0.15, -0.1) is 24.9 Å². The van der Waals surface area contributed by atoms with Crippen LogP contribution in [0.2, 0.25) is 0 Å². The summed E-state index contributed by atoms with van der Waals surface area (Å²) in [5.74, 6) is 0.477. The maximum atomic E-state index is 13.9. The standard InChI is InChI=1S/C48H60N2O8S/c1-4-6-28-55-47(53)50(3)44-33-42(49-57-34-35-17-9-7-10-18-35)40-31-36(19-13-15-25-51)39(22-14-16-26-52)45-41-32-37(54-29-30-59-38-20-11-8-12-21-38)23-24-43(41)58-48(44,46(40)45)56-27-5-2/h4-5,7-12,17-18,20-21,23-24,31-32,36,39,44-46,51-52H,1-2,6,13-16,19,22,25-30,33-34H2,3H3. The van der Waals surface area contributed by atoms with Crippen LogP contribution in [0.3, 0.4) is 0 Å². The number of oxime groups is 1. The van der Waals surface area contributed by atoms with Crippen LogP contribution in [0, 0.1) is 17.8 Å². The Balaban J connectivity index is 1.47. The van der Waals surface area contributed by atoms with Gasteiger partial charge in [0, 0.05) is 48.8 Å². The van der Waals surface area contributed by atoms with Crippen molar-refractivity contribution >= 4 is 23.6 Å². The Hall–Kier alpha value is -4.55. The highest BCUT2D eigenvalue weighted by molar-refractivity contribution is 7.99. The molecule has 6 atom stereocenters. The number of benzene rings is 3. The Morgan fingerprint density at radius 2 is 1.71 bits per heavy atom. The van der Waals surface area contributed by atoms with Crippen LogP contribution in [0.1, 0.15) is 68.4 Å². The fourth-order valence-electron chi connectivity index (χ4n) is 8.87. The molecule has 10 nitrogen and oxygen atoms in total. The zero-order valence-corrected chi connectivity index (χ0v) is 35.1. The van der Waals surface area contributed by atoms with Gasteiger partial charge in [-0.25, -0.2) is 4.79 Å². The molecule has 3 aromatic rings. The van der Waals surface area contributed by atoms with Gasteiger partial charge in [0.2, 0.25) is 5.79 Å². The van der Waals surface area contributed by atoms with Crippen molar-refractivity contribution in [3.63, 3.8) is 0 Å². The van der Waals surface area contributed by atoms with Crippen LogP contribution in [0.25, 0.3) is 0 Å². The summed E-state index contributed by atoms with van der Waals surface area (Å²) in [5.41, 5.74) is 3.69. The van der Waals surface area contributed by atoms with Crippen LogP contribution >= 0.6 is 11.8 Å². The minimum absolute atomic E-state index is 0.0994. The van der Waals surface area contributed by atoms with Crippen molar-refractivity contribution in [2.24, 2.45) is 22.9 Å². The van der Waals surface area contributed by atoms with Crippen LogP contribution in [0.5, 0.6) is 11.5 Å². The molecule has 0 bridgehead atoms. The molecule has 1 heterocycles. The molecule has 1 amide bonds. The third-order valence-corrected chi connectivity index (χ3v) is 12.5. The molecular weight excluding hydrogens is 765 g/mol. The van der Waals surface area contributed by atoms with E-state index in [2.05, 4.69) is 37.4 Å². The fraction of sp³-hybridized carbons (Fsp3) is 0.458. The minimum atomic E-state index is -1.36. The molecule has 3 aliphatic rings. The molecule has 11 heteroatoms. The summed E-state index contributed by atoms with van der Waals surface area (Å²) in [6, 6.07) is 25.6. The number of thioether (sulfide) groups is 1. The second kappa shape index (κ2) is 22.2. The van der Waals surface area contributed by atoms with Gasteiger partial charge in [0.1, 0.15) is 24.1 Å². The van der Waals surface area contributed by atoms with E-state index >= 15 is 0 Å².